The van der Waals surface area contributed by atoms with E-state index in [2.05, 4.69) is 4.72 Å². The van der Waals surface area contributed by atoms with Crippen LogP contribution in [0.2, 0.25) is 0 Å². The van der Waals surface area contributed by atoms with Crippen LogP contribution in [0.25, 0.3) is 0 Å². The van der Waals surface area contributed by atoms with Crippen LogP contribution in [0.4, 0.5) is 0 Å². The van der Waals surface area contributed by atoms with Crippen molar-refractivity contribution in [2.24, 2.45) is 0 Å². The standard InChI is InChI=1S/C10H15NO5S2/c1-8(7-17(2,13)14)11-18(15,16)10-5-3-4-9(12)6-10/h3-6,8,11-12H,7H2,1-2H3. The molecule has 1 aromatic rings. The molecule has 0 aliphatic carbocycles. The Kier molecular flexibility index (Phi) is 4.36. The third kappa shape index (κ3) is 4.63. The zero-order valence-electron chi connectivity index (χ0n) is 9.99. The number of benzene rings is 1. The third-order valence-electron chi connectivity index (χ3n) is 2.04. The molecule has 1 atom stereocenters. The van der Waals surface area contributed by atoms with E-state index in [1.165, 1.54) is 25.1 Å². The molecule has 2 N–H and O–H groups in total. The lowest BCUT2D eigenvalue weighted by atomic mass is 10.3. The van der Waals surface area contributed by atoms with E-state index in [1.54, 1.807) is 0 Å². The average Bonchev–Trinajstić information content (AvgIpc) is 2.13. The van der Waals surface area contributed by atoms with Gasteiger partial charge in [-0.15, -0.1) is 0 Å². The fourth-order valence-electron chi connectivity index (χ4n) is 1.47. The van der Waals surface area contributed by atoms with Gasteiger partial charge in [-0.05, 0) is 25.1 Å². The minimum absolute atomic E-state index is 0.108. The maximum Gasteiger partial charge on any atom is 0.240 e. The lowest BCUT2D eigenvalue weighted by Gasteiger charge is -2.13. The highest BCUT2D eigenvalue weighted by molar-refractivity contribution is 7.91. The molecule has 0 amide bonds. The van der Waals surface area contributed by atoms with E-state index in [4.69, 9.17) is 0 Å². The van der Waals surface area contributed by atoms with Gasteiger partial charge in [-0.1, -0.05) is 6.07 Å². The fourth-order valence-corrected chi connectivity index (χ4v) is 3.85. The molecule has 6 nitrogen and oxygen atoms in total. The van der Waals surface area contributed by atoms with Crippen molar-refractivity contribution < 1.29 is 21.9 Å². The van der Waals surface area contributed by atoms with Gasteiger partial charge in [0.15, 0.2) is 0 Å². The predicted octanol–water partition coefficient (Wildman–Crippen LogP) is 0.104. The number of hydrogen-bond donors (Lipinski definition) is 2. The maximum absolute atomic E-state index is 11.9. The molecular weight excluding hydrogens is 278 g/mol. The summed E-state index contributed by atoms with van der Waals surface area (Å²) in [5.74, 6) is -0.459. The second kappa shape index (κ2) is 5.25. The molecule has 1 rings (SSSR count). The van der Waals surface area contributed by atoms with Gasteiger partial charge in [-0.25, -0.2) is 21.6 Å². The molecule has 0 fully saturated rings. The van der Waals surface area contributed by atoms with Gasteiger partial charge in [0.25, 0.3) is 0 Å². The van der Waals surface area contributed by atoms with E-state index in [-0.39, 0.29) is 16.4 Å². The first-order valence-electron chi connectivity index (χ1n) is 5.09. The summed E-state index contributed by atoms with van der Waals surface area (Å²) in [5, 5.41) is 9.21. The first kappa shape index (κ1) is 14.9. The molecule has 0 saturated heterocycles. The minimum atomic E-state index is -3.83. The minimum Gasteiger partial charge on any atom is -0.508 e. The lowest BCUT2D eigenvalue weighted by molar-refractivity contribution is 0.473. The quantitative estimate of drug-likeness (QED) is 0.802. The number of aromatic hydroxyl groups is 1. The molecule has 1 unspecified atom stereocenters. The number of sulfonamides is 1. The normalized spacial score (nSPS) is 14.3. The van der Waals surface area contributed by atoms with Crippen LogP contribution in [0.1, 0.15) is 6.92 Å². The number of phenols is 1. The summed E-state index contributed by atoms with van der Waals surface area (Å²) >= 11 is 0. The summed E-state index contributed by atoms with van der Waals surface area (Å²) < 4.78 is 48.1. The van der Waals surface area contributed by atoms with E-state index in [0.29, 0.717) is 0 Å². The van der Waals surface area contributed by atoms with Crippen molar-refractivity contribution in [2.45, 2.75) is 17.9 Å². The van der Waals surface area contributed by atoms with Crippen LogP contribution in [0.3, 0.4) is 0 Å². The second-order valence-electron chi connectivity index (χ2n) is 4.11. The van der Waals surface area contributed by atoms with Crippen LogP contribution in [-0.4, -0.2) is 40.0 Å². The molecule has 102 valence electrons. The van der Waals surface area contributed by atoms with E-state index >= 15 is 0 Å². The monoisotopic (exact) mass is 293 g/mol. The molecule has 1 aromatic carbocycles. The number of hydrogen-bond acceptors (Lipinski definition) is 5. The molecule has 0 spiro atoms. The summed E-state index contributed by atoms with van der Waals surface area (Å²) in [7, 11) is -7.09. The Labute approximate surface area is 107 Å². The number of phenolic OH excluding ortho intramolecular Hbond substituents is 1. The van der Waals surface area contributed by atoms with Crippen molar-refractivity contribution in [3.8, 4) is 5.75 Å². The van der Waals surface area contributed by atoms with E-state index in [9.17, 15) is 21.9 Å². The number of nitrogens with one attached hydrogen (secondary N) is 1. The highest BCUT2D eigenvalue weighted by Crippen LogP contribution is 2.16. The highest BCUT2D eigenvalue weighted by atomic mass is 32.2. The Bertz CT molecular complexity index is 621. The van der Waals surface area contributed by atoms with Crippen molar-refractivity contribution in [1.29, 1.82) is 0 Å². The summed E-state index contributed by atoms with van der Waals surface area (Å²) in [6.45, 7) is 1.46. The van der Waals surface area contributed by atoms with Crippen molar-refractivity contribution in [3.05, 3.63) is 24.3 Å². The molecule has 0 aliphatic rings. The zero-order chi connectivity index (χ0) is 14.0. The Balaban J connectivity index is 2.89. The first-order chi connectivity index (χ1) is 8.10. The van der Waals surface area contributed by atoms with Crippen molar-refractivity contribution >= 4 is 19.9 Å². The van der Waals surface area contributed by atoms with Crippen LogP contribution >= 0.6 is 0 Å². The molecular formula is C10H15NO5S2. The van der Waals surface area contributed by atoms with Crippen molar-refractivity contribution in [3.63, 3.8) is 0 Å². The van der Waals surface area contributed by atoms with Gasteiger partial charge in [0.05, 0.1) is 10.6 Å². The first-order valence-corrected chi connectivity index (χ1v) is 8.63. The van der Waals surface area contributed by atoms with Crippen LogP contribution in [-0.2, 0) is 19.9 Å². The van der Waals surface area contributed by atoms with E-state index in [0.717, 1.165) is 12.3 Å². The fraction of sp³-hybridized carbons (Fsp3) is 0.400. The molecule has 0 saturated carbocycles. The van der Waals surface area contributed by atoms with Gasteiger partial charge < -0.3 is 5.11 Å². The largest absolute Gasteiger partial charge is 0.508 e. The smallest absolute Gasteiger partial charge is 0.240 e. The van der Waals surface area contributed by atoms with Crippen LogP contribution in [0, 0.1) is 0 Å². The zero-order valence-corrected chi connectivity index (χ0v) is 11.6. The third-order valence-corrected chi connectivity index (χ3v) is 4.73. The topological polar surface area (TPSA) is 101 Å². The molecule has 8 heteroatoms. The average molecular weight is 293 g/mol. The highest BCUT2D eigenvalue weighted by Gasteiger charge is 2.20. The summed E-state index contributed by atoms with van der Waals surface area (Å²) in [4.78, 5) is -0.108. The summed E-state index contributed by atoms with van der Waals surface area (Å²) in [6, 6.07) is 4.40. The molecule has 0 radical (unpaired) electrons. The van der Waals surface area contributed by atoms with Crippen LogP contribution in [0.5, 0.6) is 5.75 Å². The van der Waals surface area contributed by atoms with Crippen LogP contribution < -0.4 is 4.72 Å². The SMILES string of the molecule is CC(CS(C)(=O)=O)NS(=O)(=O)c1cccc(O)c1. The Morgan fingerprint density at radius 3 is 2.39 bits per heavy atom. The van der Waals surface area contributed by atoms with Gasteiger partial charge in [-0.2, -0.15) is 0 Å². The molecule has 0 aromatic heterocycles. The Hall–Kier alpha value is -1.12. The van der Waals surface area contributed by atoms with E-state index < -0.39 is 25.9 Å². The molecule has 0 bridgehead atoms. The van der Waals surface area contributed by atoms with Crippen molar-refractivity contribution in [2.75, 3.05) is 12.0 Å². The Morgan fingerprint density at radius 2 is 1.89 bits per heavy atom. The van der Waals surface area contributed by atoms with Gasteiger partial charge in [-0.3, -0.25) is 0 Å². The predicted molar refractivity (Wildman–Crippen MR) is 67.6 cm³/mol. The molecule has 0 aliphatic heterocycles. The van der Waals surface area contributed by atoms with Crippen LogP contribution in [0.15, 0.2) is 29.2 Å². The van der Waals surface area contributed by atoms with Crippen molar-refractivity contribution in [1.82, 2.24) is 4.72 Å². The van der Waals surface area contributed by atoms with Gasteiger partial charge in [0, 0.05) is 12.3 Å². The summed E-state index contributed by atoms with van der Waals surface area (Å²) in [5.41, 5.74) is 0. The van der Waals surface area contributed by atoms with Gasteiger partial charge in [0.1, 0.15) is 15.6 Å². The van der Waals surface area contributed by atoms with E-state index in [1.807, 2.05) is 0 Å². The lowest BCUT2D eigenvalue weighted by Crippen LogP contribution is -2.37. The maximum atomic E-state index is 11.9. The number of sulfone groups is 1. The second-order valence-corrected chi connectivity index (χ2v) is 8.01. The molecule has 0 heterocycles. The van der Waals surface area contributed by atoms with Gasteiger partial charge in [0.2, 0.25) is 10.0 Å². The Morgan fingerprint density at radius 1 is 1.28 bits per heavy atom. The molecule has 18 heavy (non-hydrogen) atoms. The number of rotatable bonds is 5. The van der Waals surface area contributed by atoms with Gasteiger partial charge >= 0.3 is 0 Å². The summed E-state index contributed by atoms with van der Waals surface area (Å²) in [6.07, 6.45) is 1.03.